The van der Waals surface area contributed by atoms with Crippen LogP contribution in [0.2, 0.25) is 0 Å². The van der Waals surface area contributed by atoms with Gasteiger partial charge in [0.2, 0.25) is 5.91 Å². The summed E-state index contributed by atoms with van der Waals surface area (Å²) in [6.45, 7) is 3.22. The van der Waals surface area contributed by atoms with Crippen LogP contribution in [0.3, 0.4) is 0 Å². The lowest BCUT2D eigenvalue weighted by molar-refractivity contribution is -0.133. The largest absolute Gasteiger partial charge is 0.360 e. The molecule has 0 aromatic carbocycles. The Hall–Kier alpha value is -2.05. The number of aryl methyl sites for hydroxylation is 1. The molecule has 0 atom stereocenters. The van der Waals surface area contributed by atoms with E-state index in [9.17, 15) is 9.59 Å². The Labute approximate surface area is 123 Å². The molecule has 0 bridgehead atoms. The van der Waals surface area contributed by atoms with E-state index < -0.39 is 0 Å². The van der Waals surface area contributed by atoms with Gasteiger partial charge in [-0.15, -0.1) is 0 Å². The maximum atomic E-state index is 11.9. The molecule has 3 amide bonds. The van der Waals surface area contributed by atoms with E-state index >= 15 is 0 Å². The van der Waals surface area contributed by atoms with Crippen LogP contribution >= 0.6 is 0 Å². The molecule has 1 saturated heterocycles. The number of amides is 3. The summed E-state index contributed by atoms with van der Waals surface area (Å²) in [4.78, 5) is 25.7. The highest BCUT2D eigenvalue weighted by Crippen LogP contribution is 2.31. The zero-order valence-corrected chi connectivity index (χ0v) is 12.1. The van der Waals surface area contributed by atoms with Gasteiger partial charge < -0.3 is 14.7 Å². The molecule has 2 N–H and O–H groups in total. The first-order valence-electron chi connectivity index (χ1n) is 7.41. The van der Waals surface area contributed by atoms with Gasteiger partial charge in [-0.2, -0.15) is 0 Å². The van der Waals surface area contributed by atoms with Crippen LogP contribution in [0.25, 0.3) is 0 Å². The molecule has 7 heteroatoms. The highest BCUT2D eigenvalue weighted by atomic mass is 16.5. The number of aromatic nitrogens is 1. The zero-order valence-electron chi connectivity index (χ0n) is 12.1. The Balaban J connectivity index is 1.42. The van der Waals surface area contributed by atoms with Crippen molar-refractivity contribution in [3.05, 3.63) is 11.8 Å². The van der Waals surface area contributed by atoms with Gasteiger partial charge in [-0.05, 0) is 32.6 Å². The summed E-state index contributed by atoms with van der Waals surface area (Å²) in [6.07, 6.45) is 3.67. The maximum absolute atomic E-state index is 11.9. The quantitative estimate of drug-likeness (QED) is 0.884. The van der Waals surface area contributed by atoms with Crippen LogP contribution in [0.5, 0.6) is 0 Å². The van der Waals surface area contributed by atoms with Gasteiger partial charge in [-0.25, -0.2) is 4.79 Å². The van der Waals surface area contributed by atoms with Gasteiger partial charge in [0.05, 0.1) is 0 Å². The van der Waals surface area contributed by atoms with Crippen molar-refractivity contribution >= 4 is 17.8 Å². The van der Waals surface area contributed by atoms with E-state index in [4.69, 9.17) is 4.52 Å². The molecule has 1 aliphatic heterocycles. The topological polar surface area (TPSA) is 87.5 Å². The number of nitrogens with one attached hydrogen (secondary N) is 2. The molecule has 21 heavy (non-hydrogen) atoms. The van der Waals surface area contributed by atoms with Gasteiger partial charge >= 0.3 is 6.03 Å². The van der Waals surface area contributed by atoms with Crippen molar-refractivity contribution in [3.63, 3.8) is 0 Å². The van der Waals surface area contributed by atoms with Crippen molar-refractivity contribution < 1.29 is 14.1 Å². The normalized spacial score (nSPS) is 19.4. The van der Waals surface area contributed by atoms with Gasteiger partial charge in [-0.3, -0.25) is 10.1 Å². The molecule has 0 spiro atoms. The summed E-state index contributed by atoms with van der Waals surface area (Å²) < 4.78 is 4.89. The summed E-state index contributed by atoms with van der Waals surface area (Å²) >= 11 is 0. The fraction of sp³-hybridized carbons (Fsp3) is 0.643. The fourth-order valence-corrected chi connectivity index (χ4v) is 2.60. The third-order valence-electron chi connectivity index (χ3n) is 3.94. The lowest BCUT2D eigenvalue weighted by atomic mass is 10.0. The smallest absolute Gasteiger partial charge is 0.320 e. The van der Waals surface area contributed by atoms with Crippen molar-refractivity contribution in [2.75, 3.05) is 18.4 Å². The molecule has 1 aromatic rings. The van der Waals surface area contributed by atoms with Crippen molar-refractivity contribution in [2.24, 2.45) is 5.92 Å². The number of carbonyl (C=O) groups excluding carboxylic acids is 2. The predicted molar refractivity (Wildman–Crippen MR) is 75.7 cm³/mol. The van der Waals surface area contributed by atoms with E-state index in [2.05, 4.69) is 15.8 Å². The number of hydrogen-bond acceptors (Lipinski definition) is 4. The zero-order chi connectivity index (χ0) is 14.8. The van der Waals surface area contributed by atoms with Crippen molar-refractivity contribution in [1.82, 2.24) is 15.4 Å². The fourth-order valence-electron chi connectivity index (χ4n) is 2.60. The Morgan fingerprint density at radius 3 is 2.57 bits per heavy atom. The first-order chi connectivity index (χ1) is 10.1. The van der Waals surface area contributed by atoms with E-state index in [-0.39, 0.29) is 23.9 Å². The minimum atomic E-state index is -0.282. The molecule has 0 unspecified atom stereocenters. The van der Waals surface area contributed by atoms with Crippen LogP contribution in [-0.4, -0.2) is 41.1 Å². The number of urea groups is 1. The molecule has 1 saturated carbocycles. The first-order valence-corrected chi connectivity index (χ1v) is 7.41. The van der Waals surface area contributed by atoms with Crippen LogP contribution in [0, 0.1) is 12.8 Å². The third-order valence-corrected chi connectivity index (χ3v) is 3.94. The average Bonchev–Trinajstić information content (AvgIpc) is 3.23. The standard InChI is InChI=1S/C14H20N4O3/c1-9-8-12(17-21-9)16-14(20)15-11-4-6-18(7-5-11)13(19)10-2-3-10/h8,10-11H,2-7H2,1H3,(H2,15,16,17,20). The van der Waals surface area contributed by atoms with Crippen molar-refractivity contribution in [3.8, 4) is 0 Å². The summed E-state index contributed by atoms with van der Waals surface area (Å²) in [6, 6.07) is 1.48. The van der Waals surface area contributed by atoms with Gasteiger partial charge in [0.25, 0.3) is 0 Å². The number of hydrogen-bond donors (Lipinski definition) is 2. The molecule has 0 radical (unpaired) electrons. The van der Waals surface area contributed by atoms with Crippen LogP contribution < -0.4 is 10.6 Å². The average molecular weight is 292 g/mol. The summed E-state index contributed by atoms with van der Waals surface area (Å²) in [5, 5.41) is 9.26. The number of rotatable bonds is 3. The molecule has 1 aliphatic carbocycles. The van der Waals surface area contributed by atoms with E-state index in [0.717, 1.165) is 38.8 Å². The molecule has 1 aromatic heterocycles. The highest BCUT2D eigenvalue weighted by Gasteiger charge is 2.35. The Morgan fingerprint density at radius 2 is 2.00 bits per heavy atom. The number of nitrogens with zero attached hydrogens (tertiary/aromatic N) is 2. The molecule has 2 fully saturated rings. The second-order valence-corrected chi connectivity index (χ2v) is 5.80. The summed E-state index contributed by atoms with van der Waals surface area (Å²) in [5.41, 5.74) is 0. The lowest BCUT2D eigenvalue weighted by Gasteiger charge is -2.32. The van der Waals surface area contributed by atoms with Crippen LogP contribution in [-0.2, 0) is 4.79 Å². The molecular weight excluding hydrogens is 272 g/mol. The van der Waals surface area contributed by atoms with Gasteiger partial charge in [0, 0.05) is 31.1 Å². The molecule has 2 heterocycles. The molecule has 3 rings (SSSR count). The molecule has 2 aliphatic rings. The van der Waals surface area contributed by atoms with Crippen LogP contribution in [0.1, 0.15) is 31.4 Å². The van der Waals surface area contributed by atoms with E-state index in [1.54, 1.807) is 13.0 Å². The highest BCUT2D eigenvalue weighted by molar-refractivity contribution is 5.88. The van der Waals surface area contributed by atoms with Crippen molar-refractivity contribution in [1.29, 1.82) is 0 Å². The summed E-state index contributed by atoms with van der Waals surface area (Å²) in [5.74, 6) is 1.62. The SMILES string of the molecule is Cc1cc(NC(=O)NC2CCN(C(=O)C3CC3)CC2)no1. The first kappa shape index (κ1) is 13.9. The summed E-state index contributed by atoms with van der Waals surface area (Å²) in [7, 11) is 0. The number of piperidine rings is 1. The Morgan fingerprint density at radius 1 is 1.29 bits per heavy atom. The monoisotopic (exact) mass is 292 g/mol. The minimum Gasteiger partial charge on any atom is -0.360 e. The van der Waals surface area contributed by atoms with E-state index in [1.165, 1.54) is 0 Å². The van der Waals surface area contributed by atoms with E-state index in [0.29, 0.717) is 11.6 Å². The van der Waals surface area contributed by atoms with Crippen LogP contribution in [0.4, 0.5) is 10.6 Å². The van der Waals surface area contributed by atoms with Crippen LogP contribution in [0.15, 0.2) is 10.6 Å². The molecule has 114 valence electrons. The lowest BCUT2D eigenvalue weighted by Crippen LogP contribution is -2.47. The number of carbonyl (C=O) groups is 2. The number of likely N-dealkylation sites (tertiary alicyclic amines) is 1. The second kappa shape index (κ2) is 5.75. The minimum absolute atomic E-state index is 0.0984. The number of anilines is 1. The van der Waals surface area contributed by atoms with Gasteiger partial charge in [0.1, 0.15) is 5.76 Å². The Bertz CT molecular complexity index is 530. The second-order valence-electron chi connectivity index (χ2n) is 5.80. The van der Waals surface area contributed by atoms with E-state index in [1.807, 2.05) is 4.90 Å². The maximum Gasteiger partial charge on any atom is 0.320 e. The predicted octanol–water partition coefficient (Wildman–Crippen LogP) is 1.51. The van der Waals surface area contributed by atoms with Gasteiger partial charge in [0.15, 0.2) is 5.82 Å². The Kier molecular flexibility index (Phi) is 3.81. The third kappa shape index (κ3) is 3.53. The van der Waals surface area contributed by atoms with Gasteiger partial charge in [-0.1, -0.05) is 5.16 Å². The molecular formula is C14H20N4O3. The molecule has 7 nitrogen and oxygen atoms in total. The van der Waals surface area contributed by atoms with Crippen molar-refractivity contribution in [2.45, 2.75) is 38.6 Å².